The Labute approximate surface area is 166 Å². The van der Waals surface area contributed by atoms with Crippen molar-refractivity contribution in [3.05, 3.63) is 52.7 Å². The largest absolute Gasteiger partial charge is 0.355 e. The Morgan fingerprint density at radius 3 is 2.61 bits per heavy atom. The first-order valence-corrected chi connectivity index (χ1v) is 11.4. The van der Waals surface area contributed by atoms with Gasteiger partial charge in [0.05, 0.1) is 6.26 Å². The quantitative estimate of drug-likeness (QED) is 0.763. The Morgan fingerprint density at radius 1 is 1.14 bits per heavy atom. The molecule has 152 valence electrons. The predicted octanol–water partition coefficient (Wildman–Crippen LogP) is 2.55. The number of aryl methyl sites for hydroxylation is 2. The van der Waals surface area contributed by atoms with Crippen LogP contribution in [0.3, 0.4) is 0 Å². The van der Waals surface area contributed by atoms with Crippen molar-refractivity contribution in [2.24, 2.45) is 0 Å². The van der Waals surface area contributed by atoms with Crippen LogP contribution in [-0.4, -0.2) is 55.1 Å². The number of benzene rings is 1. The molecule has 1 fully saturated rings. The molecule has 0 amide bonds. The van der Waals surface area contributed by atoms with Crippen LogP contribution in [-0.2, 0) is 22.9 Å². The van der Waals surface area contributed by atoms with Gasteiger partial charge < -0.3 is 4.90 Å². The van der Waals surface area contributed by atoms with Crippen LogP contribution >= 0.6 is 0 Å². The third kappa shape index (κ3) is 4.86. The highest BCUT2D eigenvalue weighted by Gasteiger charge is 2.24. The lowest BCUT2D eigenvalue weighted by Crippen LogP contribution is -2.35. The minimum Gasteiger partial charge on any atom is -0.355 e. The van der Waals surface area contributed by atoms with Gasteiger partial charge in [0.25, 0.3) is 0 Å². The van der Waals surface area contributed by atoms with Crippen molar-refractivity contribution >= 4 is 15.8 Å². The third-order valence-electron chi connectivity index (χ3n) is 5.01. The summed E-state index contributed by atoms with van der Waals surface area (Å²) >= 11 is 0. The Morgan fingerprint density at radius 2 is 1.93 bits per heavy atom. The number of anilines is 1. The number of nitrogens with zero attached hydrogens (tertiary/aromatic N) is 4. The van der Waals surface area contributed by atoms with Crippen molar-refractivity contribution in [1.82, 2.24) is 14.3 Å². The van der Waals surface area contributed by atoms with E-state index in [-0.39, 0.29) is 5.82 Å². The van der Waals surface area contributed by atoms with E-state index in [0.29, 0.717) is 31.9 Å². The van der Waals surface area contributed by atoms with Crippen molar-refractivity contribution in [1.29, 1.82) is 0 Å². The molecule has 0 atom stereocenters. The second-order valence-electron chi connectivity index (χ2n) is 7.18. The topological polar surface area (TPSA) is 66.4 Å². The summed E-state index contributed by atoms with van der Waals surface area (Å²) in [5.74, 6) is 1.27. The van der Waals surface area contributed by atoms with E-state index in [1.165, 1.54) is 22.7 Å². The molecule has 1 aliphatic rings. The summed E-state index contributed by atoms with van der Waals surface area (Å²) in [5.41, 5.74) is 2.82. The van der Waals surface area contributed by atoms with Crippen LogP contribution in [0.4, 0.5) is 10.2 Å². The molecule has 1 saturated heterocycles. The molecule has 6 nitrogen and oxygen atoms in total. The number of halogens is 1. The molecule has 0 unspecified atom stereocenters. The zero-order valence-electron chi connectivity index (χ0n) is 16.7. The van der Waals surface area contributed by atoms with E-state index in [4.69, 9.17) is 4.98 Å². The van der Waals surface area contributed by atoms with Gasteiger partial charge in [-0.15, -0.1) is 0 Å². The second-order valence-corrected chi connectivity index (χ2v) is 9.17. The van der Waals surface area contributed by atoms with Gasteiger partial charge in [0.1, 0.15) is 17.5 Å². The predicted molar refractivity (Wildman–Crippen MR) is 109 cm³/mol. The Hall–Kier alpha value is -2.06. The first kappa shape index (κ1) is 20.7. The van der Waals surface area contributed by atoms with Gasteiger partial charge in [-0.25, -0.2) is 27.1 Å². The normalized spacial score (nSPS) is 16.2. The summed E-state index contributed by atoms with van der Waals surface area (Å²) in [7, 11) is -3.21. The highest BCUT2D eigenvalue weighted by molar-refractivity contribution is 7.88. The number of sulfonamides is 1. The van der Waals surface area contributed by atoms with Crippen molar-refractivity contribution in [2.75, 3.05) is 37.3 Å². The zero-order valence-corrected chi connectivity index (χ0v) is 17.5. The summed E-state index contributed by atoms with van der Waals surface area (Å²) in [5, 5.41) is 0. The van der Waals surface area contributed by atoms with Gasteiger partial charge in [-0.05, 0) is 37.5 Å². The van der Waals surface area contributed by atoms with E-state index in [1.807, 2.05) is 13.0 Å². The van der Waals surface area contributed by atoms with E-state index >= 15 is 0 Å². The Bertz CT molecular complexity index is 949. The molecule has 3 rings (SSSR count). The van der Waals surface area contributed by atoms with Gasteiger partial charge >= 0.3 is 0 Å². The highest BCUT2D eigenvalue weighted by atomic mass is 32.2. The van der Waals surface area contributed by atoms with Gasteiger partial charge in [-0.1, -0.05) is 19.1 Å². The average molecular weight is 407 g/mol. The second kappa shape index (κ2) is 8.53. The molecule has 0 N–H and O–H groups in total. The maximum atomic E-state index is 13.7. The molecule has 0 spiro atoms. The smallest absolute Gasteiger partial charge is 0.211 e. The van der Waals surface area contributed by atoms with Gasteiger partial charge in [-0.2, -0.15) is 0 Å². The molecule has 0 radical (unpaired) electrons. The lowest BCUT2D eigenvalue weighted by molar-refractivity contribution is 0.437. The third-order valence-corrected chi connectivity index (χ3v) is 6.31. The first-order valence-electron chi connectivity index (χ1n) is 9.59. The fraction of sp³-hybridized carbons (Fsp3) is 0.500. The molecule has 8 heteroatoms. The Balaban J connectivity index is 1.96. The number of rotatable bonds is 5. The van der Waals surface area contributed by atoms with Crippen LogP contribution in [0.5, 0.6) is 0 Å². The summed E-state index contributed by atoms with van der Waals surface area (Å²) in [6, 6.07) is 6.59. The number of hydrogen-bond donors (Lipinski definition) is 0. The van der Waals surface area contributed by atoms with Crippen molar-refractivity contribution in [3.8, 4) is 0 Å². The summed E-state index contributed by atoms with van der Waals surface area (Å²) < 4.78 is 39.0. The van der Waals surface area contributed by atoms with Crippen LogP contribution in [0.2, 0.25) is 0 Å². The Kier molecular flexibility index (Phi) is 6.30. The molecule has 2 aromatic rings. The number of hydrogen-bond acceptors (Lipinski definition) is 5. The van der Waals surface area contributed by atoms with Crippen molar-refractivity contribution < 1.29 is 12.8 Å². The number of aromatic nitrogens is 2. The molecule has 28 heavy (non-hydrogen) atoms. The minimum atomic E-state index is -3.21. The molecule has 2 heterocycles. The van der Waals surface area contributed by atoms with E-state index in [1.54, 1.807) is 6.07 Å². The SMILES string of the molecule is CCc1nc(C)nc(N2CCCN(S(C)(=O)=O)CC2)c1Cc1cccc(F)c1. The van der Waals surface area contributed by atoms with Crippen LogP contribution in [0.1, 0.15) is 36.0 Å². The molecule has 0 bridgehead atoms. The standard InChI is InChI=1S/C20H27FN4O2S/c1-4-19-18(14-16-7-5-8-17(21)13-16)20(23-15(2)22-19)24-9-6-10-25(12-11-24)28(3,26)27/h5,7-8,13H,4,6,9-12,14H2,1-3H3. The van der Waals surface area contributed by atoms with E-state index in [9.17, 15) is 12.8 Å². The minimum absolute atomic E-state index is 0.260. The summed E-state index contributed by atoms with van der Waals surface area (Å²) in [6.07, 6.45) is 3.28. The lowest BCUT2D eigenvalue weighted by Gasteiger charge is -2.26. The highest BCUT2D eigenvalue weighted by Crippen LogP contribution is 2.26. The summed E-state index contributed by atoms with van der Waals surface area (Å²) in [4.78, 5) is 11.5. The van der Waals surface area contributed by atoms with Crippen molar-refractivity contribution in [3.63, 3.8) is 0 Å². The molecule has 0 aliphatic carbocycles. The van der Waals surface area contributed by atoms with E-state index < -0.39 is 10.0 Å². The van der Waals surface area contributed by atoms with E-state index in [0.717, 1.165) is 42.0 Å². The zero-order chi connectivity index (χ0) is 20.3. The van der Waals surface area contributed by atoms with Crippen LogP contribution in [0, 0.1) is 12.7 Å². The first-order chi connectivity index (χ1) is 13.3. The summed E-state index contributed by atoms with van der Waals surface area (Å²) in [6.45, 7) is 6.16. The van der Waals surface area contributed by atoms with Crippen LogP contribution < -0.4 is 4.90 Å². The maximum Gasteiger partial charge on any atom is 0.211 e. The van der Waals surface area contributed by atoms with Crippen LogP contribution in [0.15, 0.2) is 24.3 Å². The van der Waals surface area contributed by atoms with Crippen LogP contribution in [0.25, 0.3) is 0 Å². The molecular weight excluding hydrogens is 379 g/mol. The molecule has 1 aromatic carbocycles. The fourth-order valence-electron chi connectivity index (χ4n) is 3.66. The van der Waals surface area contributed by atoms with Gasteiger partial charge in [0.2, 0.25) is 10.0 Å². The monoisotopic (exact) mass is 406 g/mol. The van der Waals surface area contributed by atoms with Gasteiger partial charge in [0.15, 0.2) is 0 Å². The van der Waals surface area contributed by atoms with Crippen molar-refractivity contribution in [2.45, 2.75) is 33.1 Å². The van der Waals surface area contributed by atoms with E-state index in [2.05, 4.69) is 16.8 Å². The molecule has 0 saturated carbocycles. The molecule has 1 aliphatic heterocycles. The maximum absolute atomic E-state index is 13.7. The van der Waals surface area contributed by atoms with Gasteiger partial charge in [-0.3, -0.25) is 0 Å². The molecule has 1 aromatic heterocycles. The van der Waals surface area contributed by atoms with Gasteiger partial charge in [0, 0.05) is 43.9 Å². The lowest BCUT2D eigenvalue weighted by atomic mass is 10.0. The molecular formula is C20H27FN4O2S. The average Bonchev–Trinajstić information content (AvgIpc) is 2.89. The fourth-order valence-corrected chi connectivity index (χ4v) is 4.54.